The zero-order valence-electron chi connectivity index (χ0n) is 10.4. The Labute approximate surface area is 111 Å². The summed E-state index contributed by atoms with van der Waals surface area (Å²) < 4.78 is 0.255. The van der Waals surface area contributed by atoms with Crippen LogP contribution in [0.25, 0.3) is 0 Å². The van der Waals surface area contributed by atoms with Crippen molar-refractivity contribution in [1.82, 2.24) is 0 Å². The molecule has 1 aromatic carbocycles. The average Bonchev–Trinajstić information content (AvgIpc) is 2.75. The molecule has 4 N–H and O–H groups in total. The van der Waals surface area contributed by atoms with Crippen molar-refractivity contribution >= 4 is 29.1 Å². The highest BCUT2D eigenvalue weighted by atomic mass is 32.2. The van der Waals surface area contributed by atoms with Crippen molar-refractivity contribution in [2.75, 3.05) is 23.3 Å². The van der Waals surface area contributed by atoms with Gasteiger partial charge in [-0.1, -0.05) is 0 Å². The summed E-state index contributed by atoms with van der Waals surface area (Å²) in [7, 11) is 0. The van der Waals surface area contributed by atoms with E-state index in [9.17, 15) is 4.79 Å². The number of carboxylic acid groups (broad SMARTS) is 1. The van der Waals surface area contributed by atoms with Crippen molar-refractivity contribution in [3.8, 4) is 0 Å². The largest absolute Gasteiger partial charge is 0.478 e. The number of hydrogen-bond donors (Lipinski definition) is 3. The predicted molar refractivity (Wildman–Crippen MR) is 76.4 cm³/mol. The molecule has 1 unspecified atom stereocenters. The Bertz CT molecular complexity index is 456. The first-order valence-corrected chi connectivity index (χ1v) is 6.99. The molecule has 98 valence electrons. The highest BCUT2D eigenvalue weighted by Gasteiger charge is 2.29. The second kappa shape index (κ2) is 5.10. The molecule has 0 aliphatic carbocycles. The Morgan fingerprint density at radius 2 is 2.39 bits per heavy atom. The molecule has 0 amide bonds. The Morgan fingerprint density at radius 3 is 3.00 bits per heavy atom. The van der Waals surface area contributed by atoms with Crippen LogP contribution in [-0.2, 0) is 0 Å². The minimum absolute atomic E-state index is 0.157. The van der Waals surface area contributed by atoms with Crippen molar-refractivity contribution in [1.29, 1.82) is 0 Å². The fraction of sp³-hybridized carbons (Fsp3) is 0.462. The van der Waals surface area contributed by atoms with E-state index < -0.39 is 5.97 Å². The number of benzene rings is 1. The molecule has 1 fully saturated rings. The normalized spacial score (nSPS) is 22.9. The first-order valence-electron chi connectivity index (χ1n) is 6.01. The van der Waals surface area contributed by atoms with Gasteiger partial charge in [-0.25, -0.2) is 4.79 Å². The quantitative estimate of drug-likeness (QED) is 0.730. The lowest BCUT2D eigenvalue weighted by atomic mass is 10.1. The molecule has 1 atom stereocenters. The molecule has 1 aliphatic rings. The smallest absolute Gasteiger partial charge is 0.337 e. The molecular weight excluding hydrogens is 248 g/mol. The van der Waals surface area contributed by atoms with E-state index in [0.29, 0.717) is 5.69 Å². The number of carboxylic acids is 1. The highest BCUT2D eigenvalue weighted by Crippen LogP contribution is 2.37. The number of nitrogen functional groups attached to an aromatic ring is 1. The number of aromatic carboxylic acids is 1. The van der Waals surface area contributed by atoms with Crippen molar-refractivity contribution in [3.05, 3.63) is 23.8 Å². The maximum atomic E-state index is 11.0. The van der Waals surface area contributed by atoms with E-state index >= 15 is 0 Å². The molecule has 0 bridgehead atoms. The molecular formula is C13H18N2O2S. The van der Waals surface area contributed by atoms with Gasteiger partial charge in [0.25, 0.3) is 0 Å². The summed E-state index contributed by atoms with van der Waals surface area (Å²) in [5.41, 5.74) is 6.89. The summed E-state index contributed by atoms with van der Waals surface area (Å²) >= 11 is 1.97. The molecule has 0 spiro atoms. The number of carbonyl (C=O) groups is 1. The third kappa shape index (κ3) is 2.90. The molecule has 18 heavy (non-hydrogen) atoms. The van der Waals surface area contributed by atoms with E-state index in [-0.39, 0.29) is 10.3 Å². The topological polar surface area (TPSA) is 75.3 Å². The van der Waals surface area contributed by atoms with Crippen LogP contribution in [0.5, 0.6) is 0 Å². The van der Waals surface area contributed by atoms with Crippen LogP contribution in [0.4, 0.5) is 11.4 Å². The van der Waals surface area contributed by atoms with E-state index in [0.717, 1.165) is 12.2 Å². The fourth-order valence-electron chi connectivity index (χ4n) is 2.12. The Balaban J connectivity index is 2.05. The van der Waals surface area contributed by atoms with Crippen LogP contribution >= 0.6 is 11.8 Å². The summed E-state index contributed by atoms with van der Waals surface area (Å²) in [6.45, 7) is 3.09. The summed E-state index contributed by atoms with van der Waals surface area (Å²) in [6.07, 6.45) is 2.45. The number of thioether (sulfide) groups is 1. The molecule has 0 radical (unpaired) electrons. The predicted octanol–water partition coefficient (Wildman–Crippen LogP) is 2.66. The summed E-state index contributed by atoms with van der Waals surface area (Å²) in [5, 5.41) is 12.3. The molecule has 1 aliphatic heterocycles. The van der Waals surface area contributed by atoms with Crippen molar-refractivity contribution < 1.29 is 9.90 Å². The van der Waals surface area contributed by atoms with Crippen molar-refractivity contribution in [2.45, 2.75) is 24.5 Å². The minimum Gasteiger partial charge on any atom is -0.478 e. The van der Waals surface area contributed by atoms with E-state index in [4.69, 9.17) is 10.8 Å². The van der Waals surface area contributed by atoms with Gasteiger partial charge in [0.1, 0.15) is 0 Å². The lowest BCUT2D eigenvalue weighted by molar-refractivity contribution is 0.0698. The number of rotatable bonds is 4. The van der Waals surface area contributed by atoms with E-state index in [1.807, 2.05) is 17.8 Å². The van der Waals surface area contributed by atoms with E-state index in [1.165, 1.54) is 18.6 Å². The first kappa shape index (κ1) is 13.1. The summed E-state index contributed by atoms with van der Waals surface area (Å²) in [6, 6.07) is 5.06. The second-order valence-corrected chi connectivity index (χ2v) is 6.55. The van der Waals surface area contributed by atoms with Crippen LogP contribution < -0.4 is 11.1 Å². The Morgan fingerprint density at radius 1 is 1.61 bits per heavy atom. The van der Waals surface area contributed by atoms with Crippen LogP contribution in [0.1, 0.15) is 30.1 Å². The van der Waals surface area contributed by atoms with Crippen molar-refractivity contribution in [3.63, 3.8) is 0 Å². The van der Waals surface area contributed by atoms with Crippen LogP contribution in [-0.4, -0.2) is 28.1 Å². The lowest BCUT2D eigenvalue weighted by Crippen LogP contribution is -2.27. The lowest BCUT2D eigenvalue weighted by Gasteiger charge is -2.23. The third-order valence-corrected chi connectivity index (χ3v) is 4.79. The van der Waals surface area contributed by atoms with E-state index in [1.54, 1.807) is 12.1 Å². The zero-order valence-corrected chi connectivity index (χ0v) is 11.2. The monoisotopic (exact) mass is 266 g/mol. The SMILES string of the molecule is CC1(CNc2ccc(N)c(C(=O)O)c2)CCCS1. The zero-order chi connectivity index (χ0) is 13.2. The van der Waals surface area contributed by atoms with Crippen LogP contribution in [0.3, 0.4) is 0 Å². The van der Waals surface area contributed by atoms with Crippen LogP contribution in [0.15, 0.2) is 18.2 Å². The minimum atomic E-state index is -0.988. The van der Waals surface area contributed by atoms with Crippen LogP contribution in [0.2, 0.25) is 0 Å². The number of anilines is 2. The van der Waals surface area contributed by atoms with Gasteiger partial charge in [-0.15, -0.1) is 0 Å². The maximum Gasteiger partial charge on any atom is 0.337 e. The molecule has 2 rings (SSSR count). The maximum absolute atomic E-state index is 11.0. The number of nitrogens with one attached hydrogen (secondary N) is 1. The Hall–Kier alpha value is -1.36. The molecule has 1 heterocycles. The third-order valence-electron chi connectivity index (χ3n) is 3.25. The highest BCUT2D eigenvalue weighted by molar-refractivity contribution is 8.00. The van der Waals surface area contributed by atoms with Crippen molar-refractivity contribution in [2.24, 2.45) is 0 Å². The Kier molecular flexibility index (Phi) is 3.71. The van der Waals surface area contributed by atoms with Gasteiger partial charge < -0.3 is 16.2 Å². The van der Waals surface area contributed by atoms with Gasteiger partial charge in [-0.05, 0) is 43.7 Å². The standard InChI is InChI=1S/C13H18N2O2S/c1-13(5-2-6-18-13)8-15-9-3-4-11(14)10(7-9)12(16)17/h3-4,7,15H,2,5-6,8,14H2,1H3,(H,16,17). The molecule has 4 nitrogen and oxygen atoms in total. The van der Waals surface area contributed by atoms with Gasteiger partial charge in [0.2, 0.25) is 0 Å². The van der Waals surface area contributed by atoms with Gasteiger partial charge in [0.05, 0.1) is 5.56 Å². The molecule has 1 aromatic rings. The van der Waals surface area contributed by atoms with E-state index in [2.05, 4.69) is 12.2 Å². The fourth-order valence-corrected chi connectivity index (χ4v) is 3.36. The first-order chi connectivity index (χ1) is 8.50. The van der Waals surface area contributed by atoms with Gasteiger partial charge in [0, 0.05) is 22.7 Å². The number of hydrogen-bond acceptors (Lipinski definition) is 4. The van der Waals surface area contributed by atoms with Gasteiger partial charge >= 0.3 is 5.97 Å². The number of nitrogens with two attached hydrogens (primary N) is 1. The second-order valence-electron chi connectivity index (χ2n) is 4.86. The molecule has 1 saturated heterocycles. The van der Waals surface area contributed by atoms with Crippen LogP contribution in [0, 0.1) is 0 Å². The molecule has 5 heteroatoms. The van der Waals surface area contributed by atoms with Gasteiger partial charge in [-0.3, -0.25) is 0 Å². The summed E-state index contributed by atoms with van der Waals surface area (Å²) in [5.74, 6) is 0.220. The molecule has 0 saturated carbocycles. The average molecular weight is 266 g/mol. The van der Waals surface area contributed by atoms with Gasteiger partial charge in [-0.2, -0.15) is 11.8 Å². The van der Waals surface area contributed by atoms with Gasteiger partial charge in [0.15, 0.2) is 0 Å². The summed E-state index contributed by atoms with van der Waals surface area (Å²) in [4.78, 5) is 11.0. The molecule has 0 aromatic heterocycles.